The van der Waals surface area contributed by atoms with Gasteiger partial charge in [0.1, 0.15) is 5.82 Å². The summed E-state index contributed by atoms with van der Waals surface area (Å²) in [6.07, 6.45) is 2.61. The minimum Gasteiger partial charge on any atom is -0.325 e. The molecule has 0 saturated heterocycles. The van der Waals surface area contributed by atoms with Gasteiger partial charge in [-0.2, -0.15) is 0 Å². The molecular weight excluding hydrogens is 222 g/mol. The van der Waals surface area contributed by atoms with Crippen molar-refractivity contribution in [3.8, 4) is 0 Å². The van der Waals surface area contributed by atoms with Crippen LogP contribution in [-0.2, 0) is 13.0 Å². The number of aromatic nitrogens is 2. The molecule has 0 spiro atoms. The van der Waals surface area contributed by atoms with E-state index in [2.05, 4.69) is 42.0 Å². The molecule has 18 heavy (non-hydrogen) atoms. The molecule has 0 amide bonds. The van der Waals surface area contributed by atoms with Gasteiger partial charge in [0, 0.05) is 19.2 Å². The fourth-order valence-electron chi connectivity index (χ4n) is 1.91. The molecule has 2 aromatic rings. The largest absolute Gasteiger partial charge is 0.325 e. The lowest BCUT2D eigenvalue weighted by Crippen LogP contribution is -2.07. The van der Waals surface area contributed by atoms with Gasteiger partial charge >= 0.3 is 0 Å². The first-order valence-electron chi connectivity index (χ1n) is 6.17. The second kappa shape index (κ2) is 5.27. The topological polar surface area (TPSA) is 51.8 Å². The van der Waals surface area contributed by atoms with Gasteiger partial charge in [0.25, 0.3) is 0 Å². The number of benzene rings is 1. The van der Waals surface area contributed by atoms with Crippen molar-refractivity contribution in [2.24, 2.45) is 5.73 Å². The van der Waals surface area contributed by atoms with Crippen molar-refractivity contribution in [1.29, 1.82) is 0 Å². The molecule has 2 N–H and O–H groups in total. The molecule has 0 aliphatic rings. The summed E-state index contributed by atoms with van der Waals surface area (Å²) in [5.74, 6) is 0.837. The Balaban J connectivity index is 2.25. The van der Waals surface area contributed by atoms with Crippen LogP contribution in [0.15, 0.2) is 24.4 Å². The molecule has 94 valence electrons. The van der Waals surface area contributed by atoms with Crippen LogP contribution in [0.25, 0.3) is 0 Å². The molecule has 3 nitrogen and oxygen atoms in total. The molecule has 1 aromatic heterocycles. The van der Waals surface area contributed by atoms with E-state index in [0.717, 1.165) is 23.5 Å². The first-order chi connectivity index (χ1) is 8.60. The Bertz CT molecular complexity index is 562. The third-order valence-electron chi connectivity index (χ3n) is 3.25. The van der Waals surface area contributed by atoms with E-state index in [1.54, 1.807) is 0 Å². The summed E-state index contributed by atoms with van der Waals surface area (Å²) < 4.78 is 0. The fraction of sp³-hybridized carbons (Fsp3) is 0.333. The molecular formula is C15H19N3. The molecule has 2 rings (SSSR count). The molecule has 0 radical (unpaired) electrons. The predicted molar refractivity (Wildman–Crippen MR) is 73.4 cm³/mol. The van der Waals surface area contributed by atoms with Crippen LogP contribution in [0.3, 0.4) is 0 Å². The first-order valence-corrected chi connectivity index (χ1v) is 6.17. The average molecular weight is 241 g/mol. The van der Waals surface area contributed by atoms with E-state index >= 15 is 0 Å². The van der Waals surface area contributed by atoms with Crippen LogP contribution in [0, 0.1) is 20.8 Å². The lowest BCUT2D eigenvalue weighted by molar-refractivity contribution is 0.873. The Morgan fingerprint density at radius 3 is 2.50 bits per heavy atom. The van der Waals surface area contributed by atoms with Gasteiger partial charge in [-0.15, -0.1) is 0 Å². The molecule has 1 aromatic carbocycles. The number of nitrogens with zero attached hydrogens (tertiary/aromatic N) is 2. The summed E-state index contributed by atoms with van der Waals surface area (Å²) in [7, 11) is 0. The molecule has 0 atom stereocenters. The number of nitrogens with two attached hydrogens (primary N) is 1. The summed E-state index contributed by atoms with van der Waals surface area (Å²) >= 11 is 0. The third-order valence-corrected chi connectivity index (χ3v) is 3.25. The Kier molecular flexibility index (Phi) is 3.72. The van der Waals surface area contributed by atoms with Gasteiger partial charge in [-0.1, -0.05) is 18.2 Å². The second-order valence-electron chi connectivity index (χ2n) is 4.72. The van der Waals surface area contributed by atoms with E-state index in [1.165, 1.54) is 16.7 Å². The maximum absolute atomic E-state index is 5.67. The summed E-state index contributed by atoms with van der Waals surface area (Å²) in [6, 6.07) is 6.47. The summed E-state index contributed by atoms with van der Waals surface area (Å²) in [5.41, 5.74) is 11.5. The van der Waals surface area contributed by atoms with Crippen LogP contribution in [0.2, 0.25) is 0 Å². The predicted octanol–water partition coefficient (Wildman–Crippen LogP) is 2.45. The van der Waals surface area contributed by atoms with Crippen LogP contribution in [-0.4, -0.2) is 9.97 Å². The highest BCUT2D eigenvalue weighted by Crippen LogP contribution is 2.13. The van der Waals surface area contributed by atoms with E-state index in [0.29, 0.717) is 6.54 Å². The first kappa shape index (κ1) is 12.7. The Labute approximate surface area is 108 Å². The smallest absolute Gasteiger partial charge is 0.132 e. The van der Waals surface area contributed by atoms with Gasteiger partial charge < -0.3 is 5.73 Å². The van der Waals surface area contributed by atoms with E-state index in [9.17, 15) is 0 Å². The SMILES string of the molecule is Cc1ccc(Cc2ncc(C)c(CN)n2)cc1C. The van der Waals surface area contributed by atoms with E-state index in [-0.39, 0.29) is 0 Å². The van der Waals surface area contributed by atoms with Crippen LogP contribution < -0.4 is 5.73 Å². The molecule has 0 saturated carbocycles. The van der Waals surface area contributed by atoms with Gasteiger partial charge in [0.2, 0.25) is 0 Å². The van der Waals surface area contributed by atoms with Crippen molar-refractivity contribution in [3.63, 3.8) is 0 Å². The van der Waals surface area contributed by atoms with Crippen molar-refractivity contribution < 1.29 is 0 Å². The number of hydrogen-bond acceptors (Lipinski definition) is 3. The lowest BCUT2D eigenvalue weighted by Gasteiger charge is -2.07. The molecule has 0 fully saturated rings. The van der Waals surface area contributed by atoms with Gasteiger partial charge in [0.15, 0.2) is 0 Å². The number of hydrogen-bond donors (Lipinski definition) is 1. The highest BCUT2D eigenvalue weighted by molar-refractivity contribution is 5.31. The van der Waals surface area contributed by atoms with Crippen LogP contribution in [0.4, 0.5) is 0 Å². The van der Waals surface area contributed by atoms with Crippen molar-refractivity contribution in [2.45, 2.75) is 33.7 Å². The van der Waals surface area contributed by atoms with E-state index < -0.39 is 0 Å². The molecule has 0 bridgehead atoms. The zero-order valence-corrected chi connectivity index (χ0v) is 11.2. The van der Waals surface area contributed by atoms with Crippen LogP contribution >= 0.6 is 0 Å². The van der Waals surface area contributed by atoms with Crippen LogP contribution in [0.1, 0.15) is 33.8 Å². The highest BCUT2D eigenvalue weighted by Gasteiger charge is 2.04. The van der Waals surface area contributed by atoms with Gasteiger partial charge in [-0.3, -0.25) is 0 Å². The van der Waals surface area contributed by atoms with Crippen LogP contribution in [0.5, 0.6) is 0 Å². The Morgan fingerprint density at radius 1 is 1.06 bits per heavy atom. The zero-order chi connectivity index (χ0) is 13.1. The van der Waals surface area contributed by atoms with Gasteiger partial charge in [0.05, 0.1) is 5.69 Å². The van der Waals surface area contributed by atoms with Gasteiger partial charge in [-0.25, -0.2) is 9.97 Å². The fourth-order valence-corrected chi connectivity index (χ4v) is 1.91. The average Bonchev–Trinajstić information content (AvgIpc) is 2.36. The molecule has 1 heterocycles. The van der Waals surface area contributed by atoms with Crippen molar-refractivity contribution in [1.82, 2.24) is 9.97 Å². The maximum Gasteiger partial charge on any atom is 0.132 e. The Morgan fingerprint density at radius 2 is 1.83 bits per heavy atom. The third kappa shape index (κ3) is 2.74. The maximum atomic E-state index is 5.67. The second-order valence-corrected chi connectivity index (χ2v) is 4.72. The van der Waals surface area contributed by atoms with Crippen molar-refractivity contribution in [2.75, 3.05) is 0 Å². The van der Waals surface area contributed by atoms with Crippen molar-refractivity contribution >= 4 is 0 Å². The standard InChI is InChI=1S/C15H19N3/c1-10-4-5-13(6-11(10)2)7-15-17-9-12(3)14(8-16)18-15/h4-6,9H,7-8,16H2,1-3H3. The molecule has 3 heteroatoms. The molecule has 0 aliphatic carbocycles. The minimum atomic E-state index is 0.467. The summed E-state index contributed by atoms with van der Waals surface area (Å²) in [5, 5.41) is 0. The minimum absolute atomic E-state index is 0.467. The normalized spacial score (nSPS) is 10.7. The van der Waals surface area contributed by atoms with E-state index in [1.807, 2.05) is 13.1 Å². The van der Waals surface area contributed by atoms with Crippen molar-refractivity contribution in [3.05, 3.63) is 58.2 Å². The zero-order valence-electron chi connectivity index (χ0n) is 11.2. The van der Waals surface area contributed by atoms with E-state index in [4.69, 9.17) is 5.73 Å². The molecule has 0 aliphatic heterocycles. The quantitative estimate of drug-likeness (QED) is 0.898. The summed E-state index contributed by atoms with van der Waals surface area (Å²) in [6.45, 7) is 6.70. The Hall–Kier alpha value is -1.74. The lowest BCUT2D eigenvalue weighted by atomic mass is 10.0. The monoisotopic (exact) mass is 241 g/mol. The number of rotatable bonds is 3. The molecule has 0 unspecified atom stereocenters. The van der Waals surface area contributed by atoms with Gasteiger partial charge in [-0.05, 0) is 43.0 Å². The summed E-state index contributed by atoms with van der Waals surface area (Å²) in [4.78, 5) is 8.87. The number of aryl methyl sites for hydroxylation is 3. The highest BCUT2D eigenvalue weighted by atomic mass is 14.9.